The van der Waals surface area contributed by atoms with Gasteiger partial charge in [-0.25, -0.2) is 22.5 Å². The fraction of sp³-hybridized carbons (Fsp3) is 0.154. The van der Waals surface area contributed by atoms with Crippen LogP contribution in [0.25, 0.3) is 0 Å². The summed E-state index contributed by atoms with van der Waals surface area (Å²) in [6.07, 6.45) is 1.42. The smallest absolute Gasteiger partial charge is 0.242 e. The first kappa shape index (κ1) is 16.4. The van der Waals surface area contributed by atoms with Crippen LogP contribution in [0.3, 0.4) is 0 Å². The average molecular weight is 394 g/mol. The van der Waals surface area contributed by atoms with E-state index in [-0.39, 0.29) is 28.8 Å². The maximum atomic E-state index is 13.4. The van der Waals surface area contributed by atoms with E-state index in [1.54, 1.807) is 18.2 Å². The van der Waals surface area contributed by atoms with Gasteiger partial charge in [-0.3, -0.25) is 0 Å². The number of rotatable bonds is 5. The van der Waals surface area contributed by atoms with Crippen molar-refractivity contribution in [3.8, 4) is 0 Å². The molecule has 0 atom stereocenters. The maximum Gasteiger partial charge on any atom is 0.242 e. The van der Waals surface area contributed by atoms with Crippen LogP contribution in [-0.4, -0.2) is 19.9 Å². The summed E-state index contributed by atoms with van der Waals surface area (Å²) in [5, 5.41) is 0.181. The second-order valence-electron chi connectivity index (χ2n) is 4.18. The number of nitrogens with zero attached hydrogens (tertiary/aromatic N) is 1. The summed E-state index contributed by atoms with van der Waals surface area (Å²) < 4.78 is 40.3. The average Bonchev–Trinajstić information content (AvgIpc) is 2.44. The van der Waals surface area contributed by atoms with Gasteiger partial charge in [-0.1, -0.05) is 29.8 Å². The Labute approximate surface area is 135 Å². The molecule has 2 aromatic rings. The van der Waals surface area contributed by atoms with Gasteiger partial charge in [0.15, 0.2) is 0 Å². The van der Waals surface area contributed by atoms with Crippen molar-refractivity contribution in [3.05, 3.63) is 57.5 Å². The zero-order valence-electron chi connectivity index (χ0n) is 10.7. The monoisotopic (exact) mass is 392 g/mol. The number of pyridine rings is 1. The molecule has 1 N–H and O–H groups in total. The fourth-order valence-corrected chi connectivity index (χ4v) is 3.26. The van der Waals surface area contributed by atoms with Crippen LogP contribution in [0.15, 0.2) is 45.9 Å². The molecule has 0 amide bonds. The van der Waals surface area contributed by atoms with E-state index >= 15 is 0 Å². The highest BCUT2D eigenvalue weighted by Gasteiger charge is 2.15. The van der Waals surface area contributed by atoms with E-state index < -0.39 is 10.0 Å². The Kier molecular flexibility index (Phi) is 5.32. The quantitative estimate of drug-likeness (QED) is 0.794. The van der Waals surface area contributed by atoms with Crippen LogP contribution in [-0.2, 0) is 16.4 Å². The van der Waals surface area contributed by atoms with Crippen LogP contribution in [0.1, 0.15) is 5.56 Å². The van der Waals surface area contributed by atoms with Gasteiger partial charge in [-0.2, -0.15) is 0 Å². The number of benzene rings is 1. The van der Waals surface area contributed by atoms with Gasteiger partial charge >= 0.3 is 0 Å². The van der Waals surface area contributed by atoms with E-state index in [9.17, 15) is 12.8 Å². The Balaban J connectivity index is 2.05. The van der Waals surface area contributed by atoms with Gasteiger partial charge in [0.05, 0.1) is 4.47 Å². The van der Waals surface area contributed by atoms with E-state index in [1.165, 1.54) is 18.3 Å². The largest absolute Gasteiger partial charge is 0.242 e. The van der Waals surface area contributed by atoms with E-state index in [1.807, 2.05) is 0 Å². The highest BCUT2D eigenvalue weighted by Crippen LogP contribution is 2.22. The lowest BCUT2D eigenvalue weighted by atomic mass is 10.1. The molecule has 0 aliphatic carbocycles. The number of nitrogens with one attached hydrogen (secondary N) is 1. The number of sulfonamides is 1. The highest BCUT2D eigenvalue weighted by atomic mass is 79.9. The van der Waals surface area contributed by atoms with Gasteiger partial charge in [-0.15, -0.1) is 0 Å². The predicted octanol–water partition coefficient (Wildman–Crippen LogP) is 3.16. The molecule has 0 fully saturated rings. The molecule has 21 heavy (non-hydrogen) atoms. The topological polar surface area (TPSA) is 59.1 Å². The van der Waals surface area contributed by atoms with Gasteiger partial charge in [0, 0.05) is 12.7 Å². The summed E-state index contributed by atoms with van der Waals surface area (Å²) in [4.78, 5) is 3.76. The van der Waals surface area contributed by atoms with Crippen molar-refractivity contribution in [3.63, 3.8) is 0 Å². The molecule has 0 bridgehead atoms. The fourth-order valence-electron chi connectivity index (χ4n) is 1.66. The van der Waals surface area contributed by atoms with Crippen LogP contribution in [0.4, 0.5) is 4.39 Å². The van der Waals surface area contributed by atoms with Crippen LogP contribution >= 0.6 is 27.5 Å². The first-order chi connectivity index (χ1) is 9.90. The van der Waals surface area contributed by atoms with E-state index in [2.05, 4.69) is 25.6 Å². The zero-order chi connectivity index (χ0) is 15.5. The number of halogens is 3. The second-order valence-corrected chi connectivity index (χ2v) is 7.16. The minimum absolute atomic E-state index is 0.00712. The molecule has 0 aliphatic heterocycles. The van der Waals surface area contributed by atoms with Crippen molar-refractivity contribution < 1.29 is 12.8 Å². The Hall–Kier alpha value is -1.02. The summed E-state index contributed by atoms with van der Waals surface area (Å²) in [6.45, 7) is 0.0868. The number of hydrogen-bond donors (Lipinski definition) is 1. The van der Waals surface area contributed by atoms with E-state index in [0.717, 1.165) is 0 Å². The van der Waals surface area contributed by atoms with Gasteiger partial charge in [0.1, 0.15) is 15.9 Å². The molecule has 0 aliphatic rings. The molecule has 112 valence electrons. The van der Waals surface area contributed by atoms with Crippen molar-refractivity contribution in [1.82, 2.24) is 9.71 Å². The number of hydrogen-bond acceptors (Lipinski definition) is 3. The second kappa shape index (κ2) is 6.83. The maximum absolute atomic E-state index is 13.4. The Morgan fingerprint density at radius 2 is 2.05 bits per heavy atom. The van der Waals surface area contributed by atoms with Gasteiger partial charge in [0.25, 0.3) is 0 Å². The van der Waals surface area contributed by atoms with Gasteiger partial charge in [0.2, 0.25) is 10.0 Å². The lowest BCUT2D eigenvalue weighted by Gasteiger charge is -2.08. The Bertz CT molecular complexity index is 756. The van der Waals surface area contributed by atoms with Crippen molar-refractivity contribution >= 4 is 37.6 Å². The van der Waals surface area contributed by atoms with E-state index in [0.29, 0.717) is 10.0 Å². The molecule has 0 spiro atoms. The minimum Gasteiger partial charge on any atom is -0.242 e. The van der Waals surface area contributed by atoms with Gasteiger partial charge < -0.3 is 0 Å². The first-order valence-corrected chi connectivity index (χ1v) is 8.59. The van der Waals surface area contributed by atoms with Crippen molar-refractivity contribution in [1.29, 1.82) is 0 Å². The summed E-state index contributed by atoms with van der Waals surface area (Å²) in [7, 11) is -3.71. The van der Waals surface area contributed by atoms with Crippen molar-refractivity contribution in [2.24, 2.45) is 0 Å². The molecule has 0 radical (unpaired) electrons. The van der Waals surface area contributed by atoms with Crippen LogP contribution in [0.5, 0.6) is 0 Å². The Morgan fingerprint density at radius 1 is 1.33 bits per heavy atom. The lowest BCUT2D eigenvalue weighted by Crippen LogP contribution is -2.26. The first-order valence-electron chi connectivity index (χ1n) is 5.94. The van der Waals surface area contributed by atoms with Crippen LogP contribution in [0, 0.1) is 5.82 Å². The van der Waals surface area contributed by atoms with Crippen molar-refractivity contribution in [2.75, 3.05) is 6.54 Å². The molecule has 1 aromatic carbocycles. The molecule has 1 heterocycles. The molecule has 4 nitrogen and oxygen atoms in total. The summed E-state index contributed by atoms with van der Waals surface area (Å²) in [6, 6.07) is 7.60. The van der Waals surface area contributed by atoms with E-state index in [4.69, 9.17) is 11.6 Å². The SMILES string of the molecule is O=S(=O)(NCCc1ccccc1F)c1cnc(Cl)c(Br)c1. The third-order valence-electron chi connectivity index (χ3n) is 2.73. The highest BCUT2D eigenvalue weighted by molar-refractivity contribution is 9.10. The van der Waals surface area contributed by atoms with Crippen LogP contribution < -0.4 is 4.72 Å². The molecule has 1 aromatic heterocycles. The molecule has 2 rings (SSSR count). The Morgan fingerprint density at radius 3 is 2.71 bits per heavy atom. The third-order valence-corrected chi connectivity index (χ3v) is 5.29. The third kappa shape index (κ3) is 4.23. The molecule has 8 heteroatoms. The molecular formula is C13H11BrClFN2O2S. The molecule has 0 saturated heterocycles. The van der Waals surface area contributed by atoms with Crippen molar-refractivity contribution in [2.45, 2.75) is 11.3 Å². The number of aromatic nitrogens is 1. The molecule has 0 saturated carbocycles. The summed E-state index contributed by atoms with van der Waals surface area (Å²) >= 11 is 8.83. The zero-order valence-corrected chi connectivity index (χ0v) is 13.8. The lowest BCUT2D eigenvalue weighted by molar-refractivity contribution is 0.577. The molecule has 0 unspecified atom stereocenters. The standard InChI is InChI=1S/C13H11BrClFN2O2S/c14-11-7-10(8-17-13(11)15)21(19,20)18-6-5-9-3-1-2-4-12(9)16/h1-4,7-8,18H,5-6H2. The summed E-state index contributed by atoms with van der Waals surface area (Å²) in [5.74, 6) is -0.354. The van der Waals surface area contributed by atoms with Crippen LogP contribution in [0.2, 0.25) is 5.15 Å². The predicted molar refractivity (Wildman–Crippen MR) is 82.2 cm³/mol. The minimum atomic E-state index is -3.71. The molecular weight excluding hydrogens is 383 g/mol. The normalized spacial score (nSPS) is 11.6. The van der Waals surface area contributed by atoms with Gasteiger partial charge in [-0.05, 0) is 40.0 Å². The summed E-state index contributed by atoms with van der Waals surface area (Å²) in [5.41, 5.74) is 0.454.